The van der Waals surface area contributed by atoms with Crippen molar-refractivity contribution in [3.63, 3.8) is 0 Å². The highest BCUT2D eigenvalue weighted by atomic mass is 14.0. The lowest BCUT2D eigenvalue weighted by Gasteiger charge is -1.98. The summed E-state index contributed by atoms with van der Waals surface area (Å²) in [6.07, 6.45) is 2.13. The summed E-state index contributed by atoms with van der Waals surface area (Å²) in [5.74, 6) is 6.31. The molecule has 0 aliphatic rings. The van der Waals surface area contributed by atoms with Gasteiger partial charge in [0, 0.05) is 12.0 Å². The van der Waals surface area contributed by atoms with E-state index in [2.05, 4.69) is 50.8 Å². The van der Waals surface area contributed by atoms with Crippen molar-refractivity contribution in [1.29, 1.82) is 0 Å². The van der Waals surface area contributed by atoms with E-state index in [9.17, 15) is 0 Å². The van der Waals surface area contributed by atoms with Gasteiger partial charge >= 0.3 is 0 Å². The van der Waals surface area contributed by atoms with Gasteiger partial charge in [-0.1, -0.05) is 24.8 Å². The van der Waals surface area contributed by atoms with Crippen LogP contribution in [0.4, 0.5) is 0 Å². The largest absolute Gasteiger partial charge is 0.0979 e. The molecule has 68 valence electrons. The smallest absolute Gasteiger partial charge is 0.0248 e. The number of benzene rings is 1. The second kappa shape index (κ2) is 4.72. The van der Waals surface area contributed by atoms with Crippen LogP contribution in [0, 0.1) is 25.7 Å². The lowest BCUT2D eigenvalue weighted by Crippen LogP contribution is -1.82. The molecule has 0 amide bonds. The number of unbranched alkanes of at least 4 members (excludes halogenated alkanes) is 1. The molecule has 0 nitrogen and oxygen atoms in total. The van der Waals surface area contributed by atoms with Crippen LogP contribution >= 0.6 is 0 Å². The van der Waals surface area contributed by atoms with E-state index in [1.807, 2.05) is 0 Å². The molecule has 0 saturated heterocycles. The molecule has 1 rings (SSSR count). The van der Waals surface area contributed by atoms with E-state index in [0.29, 0.717) is 0 Å². The Hall–Kier alpha value is -1.22. The molecule has 0 radical (unpaired) electrons. The van der Waals surface area contributed by atoms with Gasteiger partial charge in [-0.2, -0.15) is 0 Å². The maximum Gasteiger partial charge on any atom is 0.0248 e. The molecule has 0 aliphatic heterocycles. The van der Waals surface area contributed by atoms with Crippen LogP contribution in [0.5, 0.6) is 0 Å². The molecule has 0 fully saturated rings. The molecule has 13 heavy (non-hydrogen) atoms. The summed E-state index contributed by atoms with van der Waals surface area (Å²) in [5.41, 5.74) is 3.79. The minimum atomic E-state index is 0.993. The number of hydrogen-bond acceptors (Lipinski definition) is 0. The van der Waals surface area contributed by atoms with Gasteiger partial charge < -0.3 is 0 Å². The molecule has 0 heterocycles. The SMILES string of the molecule is CCCC#Cc1ccc(C)c(C)c1. The highest BCUT2D eigenvalue weighted by Gasteiger charge is 1.91. The van der Waals surface area contributed by atoms with Gasteiger partial charge in [-0.05, 0) is 43.5 Å². The quantitative estimate of drug-likeness (QED) is 0.569. The second-order valence-corrected chi connectivity index (χ2v) is 3.35. The van der Waals surface area contributed by atoms with E-state index >= 15 is 0 Å². The zero-order chi connectivity index (χ0) is 9.68. The minimum Gasteiger partial charge on any atom is -0.0979 e. The van der Waals surface area contributed by atoms with Gasteiger partial charge in [0.05, 0.1) is 0 Å². The van der Waals surface area contributed by atoms with E-state index in [1.54, 1.807) is 0 Å². The number of rotatable bonds is 1. The van der Waals surface area contributed by atoms with E-state index in [1.165, 1.54) is 11.1 Å². The normalized spacial score (nSPS) is 9.15. The van der Waals surface area contributed by atoms with Crippen molar-refractivity contribution >= 4 is 0 Å². The molecule has 0 atom stereocenters. The van der Waals surface area contributed by atoms with Crippen molar-refractivity contribution in [1.82, 2.24) is 0 Å². The van der Waals surface area contributed by atoms with Crippen LogP contribution in [0.1, 0.15) is 36.5 Å². The van der Waals surface area contributed by atoms with Crippen molar-refractivity contribution in [3.8, 4) is 11.8 Å². The summed E-state index contributed by atoms with van der Waals surface area (Å²) in [4.78, 5) is 0. The first-order chi connectivity index (χ1) is 6.24. The molecular weight excluding hydrogens is 156 g/mol. The average molecular weight is 172 g/mol. The van der Waals surface area contributed by atoms with Crippen molar-refractivity contribution in [2.45, 2.75) is 33.6 Å². The van der Waals surface area contributed by atoms with Crippen molar-refractivity contribution < 1.29 is 0 Å². The average Bonchev–Trinajstić information content (AvgIpc) is 2.12. The fourth-order valence-electron chi connectivity index (χ4n) is 1.11. The Morgan fingerprint density at radius 3 is 2.54 bits per heavy atom. The molecule has 0 unspecified atom stereocenters. The summed E-state index contributed by atoms with van der Waals surface area (Å²) < 4.78 is 0. The summed E-state index contributed by atoms with van der Waals surface area (Å²) in [7, 11) is 0. The highest BCUT2D eigenvalue weighted by Crippen LogP contribution is 2.08. The summed E-state index contributed by atoms with van der Waals surface area (Å²) >= 11 is 0. The van der Waals surface area contributed by atoms with E-state index in [-0.39, 0.29) is 0 Å². The Labute approximate surface area is 81.0 Å². The van der Waals surface area contributed by atoms with E-state index in [0.717, 1.165) is 18.4 Å². The molecule has 1 aromatic carbocycles. The molecule has 0 heteroatoms. The molecule has 0 aliphatic carbocycles. The standard InChI is InChI=1S/C13H16/c1-4-5-6-7-13-9-8-11(2)12(3)10-13/h8-10H,4-5H2,1-3H3. The third-order valence-corrected chi connectivity index (χ3v) is 2.11. The van der Waals surface area contributed by atoms with Crippen molar-refractivity contribution in [3.05, 3.63) is 34.9 Å². The zero-order valence-corrected chi connectivity index (χ0v) is 8.65. The Bertz CT molecular complexity index is 337. The Balaban J connectivity index is 2.81. The molecule has 1 aromatic rings. The molecule has 0 spiro atoms. The molecule has 0 aromatic heterocycles. The third kappa shape index (κ3) is 2.95. The summed E-state index contributed by atoms with van der Waals surface area (Å²) in [5, 5.41) is 0. The first-order valence-corrected chi connectivity index (χ1v) is 4.80. The fourth-order valence-corrected chi connectivity index (χ4v) is 1.11. The van der Waals surface area contributed by atoms with Gasteiger partial charge in [-0.15, -0.1) is 0 Å². The molecule has 0 bridgehead atoms. The second-order valence-electron chi connectivity index (χ2n) is 3.35. The third-order valence-electron chi connectivity index (χ3n) is 2.11. The Morgan fingerprint density at radius 1 is 1.15 bits per heavy atom. The van der Waals surface area contributed by atoms with Crippen LogP contribution in [0.3, 0.4) is 0 Å². The predicted molar refractivity (Wildman–Crippen MR) is 57.7 cm³/mol. The Morgan fingerprint density at radius 2 is 1.92 bits per heavy atom. The first-order valence-electron chi connectivity index (χ1n) is 4.80. The number of hydrogen-bond donors (Lipinski definition) is 0. The van der Waals surface area contributed by atoms with Gasteiger partial charge in [0.2, 0.25) is 0 Å². The predicted octanol–water partition coefficient (Wildman–Crippen LogP) is 3.46. The van der Waals surface area contributed by atoms with Crippen LogP contribution in [0.2, 0.25) is 0 Å². The first kappa shape index (κ1) is 9.86. The Kier molecular flexibility index (Phi) is 3.58. The minimum absolute atomic E-state index is 0.993. The topological polar surface area (TPSA) is 0 Å². The van der Waals surface area contributed by atoms with Crippen LogP contribution < -0.4 is 0 Å². The monoisotopic (exact) mass is 172 g/mol. The van der Waals surface area contributed by atoms with Gasteiger partial charge in [0.15, 0.2) is 0 Å². The molecule has 0 N–H and O–H groups in total. The number of aryl methyl sites for hydroxylation is 2. The maximum absolute atomic E-state index is 3.16. The lowest BCUT2D eigenvalue weighted by atomic mass is 10.1. The van der Waals surface area contributed by atoms with Crippen molar-refractivity contribution in [2.75, 3.05) is 0 Å². The zero-order valence-electron chi connectivity index (χ0n) is 8.65. The van der Waals surface area contributed by atoms with Gasteiger partial charge in [-0.25, -0.2) is 0 Å². The van der Waals surface area contributed by atoms with Gasteiger partial charge in [-0.3, -0.25) is 0 Å². The highest BCUT2D eigenvalue weighted by molar-refractivity contribution is 5.39. The van der Waals surface area contributed by atoms with E-state index in [4.69, 9.17) is 0 Å². The lowest BCUT2D eigenvalue weighted by molar-refractivity contribution is 0.983. The van der Waals surface area contributed by atoms with Crippen molar-refractivity contribution in [2.24, 2.45) is 0 Å². The maximum atomic E-state index is 3.16. The fraction of sp³-hybridized carbons (Fsp3) is 0.385. The molecule has 0 saturated carbocycles. The summed E-state index contributed by atoms with van der Waals surface area (Å²) in [6, 6.07) is 6.37. The van der Waals surface area contributed by atoms with Crippen LogP contribution in [0.25, 0.3) is 0 Å². The van der Waals surface area contributed by atoms with Gasteiger partial charge in [0.1, 0.15) is 0 Å². The van der Waals surface area contributed by atoms with E-state index < -0.39 is 0 Å². The van der Waals surface area contributed by atoms with Crippen LogP contribution in [0.15, 0.2) is 18.2 Å². The van der Waals surface area contributed by atoms with Gasteiger partial charge in [0.25, 0.3) is 0 Å². The van der Waals surface area contributed by atoms with Crippen LogP contribution in [-0.4, -0.2) is 0 Å². The molecular formula is C13H16. The van der Waals surface area contributed by atoms with Crippen LogP contribution in [-0.2, 0) is 0 Å². The summed E-state index contributed by atoms with van der Waals surface area (Å²) in [6.45, 7) is 6.40.